The first-order valence-electron chi connectivity index (χ1n) is 9.56. The summed E-state index contributed by atoms with van der Waals surface area (Å²) in [5.41, 5.74) is 1.44. The highest BCUT2D eigenvalue weighted by atomic mass is 32.2. The molecule has 0 bridgehead atoms. The fraction of sp³-hybridized carbons (Fsp3) is 0.227. The molecule has 1 aromatic heterocycles. The number of hydrogen-bond donors (Lipinski definition) is 2. The average Bonchev–Trinajstić information content (AvgIpc) is 3.39. The normalized spacial score (nSPS) is 13.9. The largest absolute Gasteiger partial charge is 0.461 e. The Balaban J connectivity index is 1.34. The van der Waals surface area contributed by atoms with E-state index < -0.39 is 10.0 Å². The Kier molecular flexibility index (Phi) is 5.51. The first-order chi connectivity index (χ1) is 14.0. The third kappa shape index (κ3) is 5.13. The molecule has 2 N–H and O–H groups in total. The minimum Gasteiger partial charge on any atom is -0.461 e. The van der Waals surface area contributed by atoms with Crippen LogP contribution in [-0.2, 0) is 21.2 Å². The standard InChI is InChI=1S/C22H22N2O4S/c25-22(14-12-19-11-13-21(28-19)16-5-2-1-3-6-16)23-18-7-4-8-20(15-18)29(26,27)24-17-9-10-17/h1-8,11,13,15,17,24H,9-10,12,14H2,(H,23,25). The molecule has 1 aliphatic rings. The van der Waals surface area contributed by atoms with E-state index >= 15 is 0 Å². The third-order valence-corrected chi connectivity index (χ3v) is 6.16. The van der Waals surface area contributed by atoms with Crippen LogP contribution in [0.1, 0.15) is 25.0 Å². The van der Waals surface area contributed by atoms with E-state index in [2.05, 4.69) is 10.0 Å². The topological polar surface area (TPSA) is 88.4 Å². The van der Waals surface area contributed by atoms with Crippen LogP contribution < -0.4 is 10.0 Å². The second-order valence-electron chi connectivity index (χ2n) is 7.10. The van der Waals surface area contributed by atoms with Crippen LogP contribution in [0.5, 0.6) is 0 Å². The van der Waals surface area contributed by atoms with Gasteiger partial charge in [0.2, 0.25) is 15.9 Å². The molecule has 4 rings (SSSR count). The van der Waals surface area contributed by atoms with Gasteiger partial charge in [0.15, 0.2) is 0 Å². The maximum Gasteiger partial charge on any atom is 0.240 e. The Labute approximate surface area is 170 Å². The predicted molar refractivity (Wildman–Crippen MR) is 111 cm³/mol. The number of amides is 1. The number of hydrogen-bond acceptors (Lipinski definition) is 4. The van der Waals surface area contributed by atoms with E-state index in [9.17, 15) is 13.2 Å². The fourth-order valence-electron chi connectivity index (χ4n) is 2.96. The maximum atomic E-state index is 12.3. The van der Waals surface area contributed by atoms with Crippen molar-refractivity contribution >= 4 is 21.6 Å². The molecule has 0 spiro atoms. The van der Waals surface area contributed by atoms with Gasteiger partial charge in [0.05, 0.1) is 4.90 Å². The Morgan fingerprint density at radius 1 is 1.00 bits per heavy atom. The molecule has 1 saturated carbocycles. The molecule has 7 heteroatoms. The Hall–Kier alpha value is -2.90. The van der Waals surface area contributed by atoms with Gasteiger partial charge in [-0.15, -0.1) is 0 Å². The molecule has 0 aliphatic heterocycles. The zero-order chi connectivity index (χ0) is 20.3. The van der Waals surface area contributed by atoms with Crippen LogP contribution in [0, 0.1) is 0 Å². The number of rotatable bonds is 8. The van der Waals surface area contributed by atoms with Crippen molar-refractivity contribution < 1.29 is 17.6 Å². The minimum atomic E-state index is -3.55. The van der Waals surface area contributed by atoms with Crippen molar-refractivity contribution in [2.75, 3.05) is 5.32 Å². The molecular weight excluding hydrogens is 388 g/mol. The molecule has 0 radical (unpaired) electrons. The van der Waals surface area contributed by atoms with Crippen molar-refractivity contribution in [3.8, 4) is 11.3 Å². The molecule has 29 heavy (non-hydrogen) atoms. The van der Waals surface area contributed by atoms with E-state index in [0.717, 1.165) is 29.9 Å². The van der Waals surface area contributed by atoms with Crippen molar-refractivity contribution in [2.45, 2.75) is 36.6 Å². The smallest absolute Gasteiger partial charge is 0.240 e. The van der Waals surface area contributed by atoms with Gasteiger partial charge in [-0.1, -0.05) is 36.4 Å². The molecule has 3 aromatic rings. The predicted octanol–water partition coefficient (Wildman–Crippen LogP) is 3.96. The summed E-state index contributed by atoms with van der Waals surface area (Å²) in [6, 6.07) is 19.9. The molecule has 150 valence electrons. The number of carbonyl (C=O) groups is 1. The molecule has 0 atom stereocenters. The average molecular weight is 410 g/mol. The number of nitrogens with one attached hydrogen (secondary N) is 2. The Morgan fingerprint density at radius 3 is 2.55 bits per heavy atom. The summed E-state index contributed by atoms with van der Waals surface area (Å²) in [7, 11) is -3.55. The molecule has 0 unspecified atom stereocenters. The van der Waals surface area contributed by atoms with E-state index in [-0.39, 0.29) is 23.3 Å². The van der Waals surface area contributed by atoms with Crippen molar-refractivity contribution in [2.24, 2.45) is 0 Å². The number of benzene rings is 2. The van der Waals surface area contributed by atoms with Crippen LogP contribution in [0.15, 0.2) is 76.0 Å². The fourth-order valence-corrected chi connectivity index (χ4v) is 4.31. The van der Waals surface area contributed by atoms with Gasteiger partial charge in [-0.3, -0.25) is 4.79 Å². The number of furan rings is 1. The van der Waals surface area contributed by atoms with E-state index in [1.54, 1.807) is 12.1 Å². The highest BCUT2D eigenvalue weighted by Gasteiger charge is 2.28. The monoisotopic (exact) mass is 410 g/mol. The molecule has 0 saturated heterocycles. The van der Waals surface area contributed by atoms with E-state index in [1.807, 2.05) is 42.5 Å². The molecule has 1 fully saturated rings. The molecule has 1 heterocycles. The summed E-state index contributed by atoms with van der Waals surface area (Å²) in [6.45, 7) is 0. The number of aryl methyl sites for hydroxylation is 1. The Bertz CT molecular complexity index is 1100. The maximum absolute atomic E-state index is 12.3. The molecule has 2 aromatic carbocycles. The highest BCUT2D eigenvalue weighted by Crippen LogP contribution is 2.24. The van der Waals surface area contributed by atoms with Crippen LogP contribution in [0.2, 0.25) is 0 Å². The first kappa shape index (κ1) is 19.4. The summed E-state index contributed by atoms with van der Waals surface area (Å²) in [5.74, 6) is 1.29. The van der Waals surface area contributed by atoms with Crippen LogP contribution in [0.4, 0.5) is 5.69 Å². The van der Waals surface area contributed by atoms with Crippen LogP contribution in [0.3, 0.4) is 0 Å². The third-order valence-electron chi connectivity index (χ3n) is 4.65. The van der Waals surface area contributed by atoms with Gasteiger partial charge >= 0.3 is 0 Å². The van der Waals surface area contributed by atoms with Gasteiger partial charge < -0.3 is 9.73 Å². The van der Waals surface area contributed by atoms with E-state index in [1.165, 1.54) is 12.1 Å². The lowest BCUT2D eigenvalue weighted by Gasteiger charge is -2.09. The Morgan fingerprint density at radius 2 is 1.79 bits per heavy atom. The van der Waals surface area contributed by atoms with Gasteiger partial charge in [-0.25, -0.2) is 13.1 Å². The van der Waals surface area contributed by atoms with Crippen LogP contribution in [-0.4, -0.2) is 20.4 Å². The number of carbonyl (C=O) groups excluding carboxylic acids is 1. The summed E-state index contributed by atoms with van der Waals surface area (Å²) in [4.78, 5) is 12.4. The van der Waals surface area contributed by atoms with Crippen molar-refractivity contribution in [3.63, 3.8) is 0 Å². The summed E-state index contributed by atoms with van der Waals surface area (Å²) >= 11 is 0. The van der Waals surface area contributed by atoms with Gasteiger partial charge in [0, 0.05) is 30.1 Å². The summed E-state index contributed by atoms with van der Waals surface area (Å²) in [6.07, 6.45) is 2.43. The molecule has 6 nitrogen and oxygen atoms in total. The first-order valence-corrected chi connectivity index (χ1v) is 11.0. The second-order valence-corrected chi connectivity index (χ2v) is 8.82. The van der Waals surface area contributed by atoms with Crippen LogP contribution >= 0.6 is 0 Å². The highest BCUT2D eigenvalue weighted by molar-refractivity contribution is 7.89. The number of anilines is 1. The lowest BCUT2D eigenvalue weighted by molar-refractivity contribution is -0.116. The zero-order valence-corrected chi connectivity index (χ0v) is 16.6. The van der Waals surface area contributed by atoms with Gasteiger partial charge in [-0.2, -0.15) is 0 Å². The molecule has 1 aliphatic carbocycles. The second kappa shape index (κ2) is 8.23. The van der Waals surface area contributed by atoms with Gasteiger partial charge in [-0.05, 0) is 43.2 Å². The van der Waals surface area contributed by atoms with E-state index in [4.69, 9.17) is 4.42 Å². The minimum absolute atomic E-state index is 0.0346. The van der Waals surface area contributed by atoms with Crippen molar-refractivity contribution in [3.05, 3.63) is 72.5 Å². The SMILES string of the molecule is O=C(CCc1ccc(-c2ccccc2)o1)Nc1cccc(S(=O)(=O)NC2CC2)c1. The number of sulfonamides is 1. The van der Waals surface area contributed by atoms with Crippen LogP contribution in [0.25, 0.3) is 11.3 Å². The quantitative estimate of drug-likeness (QED) is 0.588. The lowest BCUT2D eigenvalue weighted by atomic mass is 10.2. The van der Waals surface area contributed by atoms with Gasteiger partial charge in [0.25, 0.3) is 0 Å². The van der Waals surface area contributed by atoms with Crippen molar-refractivity contribution in [1.82, 2.24) is 4.72 Å². The van der Waals surface area contributed by atoms with E-state index in [0.29, 0.717) is 12.1 Å². The lowest BCUT2D eigenvalue weighted by Crippen LogP contribution is -2.25. The molecule has 1 amide bonds. The summed E-state index contributed by atoms with van der Waals surface area (Å²) in [5, 5.41) is 2.76. The van der Waals surface area contributed by atoms with Gasteiger partial charge in [0.1, 0.15) is 11.5 Å². The summed E-state index contributed by atoms with van der Waals surface area (Å²) < 4.78 is 33.1. The molecular formula is C22H22N2O4S. The zero-order valence-electron chi connectivity index (χ0n) is 15.8. The van der Waals surface area contributed by atoms with Crippen molar-refractivity contribution in [1.29, 1.82) is 0 Å².